The molecule has 0 radical (unpaired) electrons. The normalized spacial score (nSPS) is 10.4. The maximum absolute atomic E-state index is 12.6. The molecule has 136 valence electrons. The Morgan fingerprint density at radius 1 is 1.26 bits per heavy atom. The van der Waals surface area contributed by atoms with Gasteiger partial charge in [-0.1, -0.05) is 18.3 Å². The van der Waals surface area contributed by atoms with Gasteiger partial charge in [0.05, 0.1) is 18.7 Å². The molecule has 0 bridgehead atoms. The van der Waals surface area contributed by atoms with Crippen LogP contribution in [-0.2, 0) is 6.42 Å². The Hall–Kier alpha value is -3.17. The van der Waals surface area contributed by atoms with Crippen LogP contribution in [0.2, 0.25) is 0 Å². The summed E-state index contributed by atoms with van der Waals surface area (Å²) in [4.78, 5) is 12.9. The number of nitriles is 1. The summed E-state index contributed by atoms with van der Waals surface area (Å²) in [5, 5.41) is 11.8. The number of methoxy groups -OCH3 is 1. The van der Waals surface area contributed by atoms with E-state index in [2.05, 4.69) is 11.4 Å². The minimum atomic E-state index is -0.268. The lowest BCUT2D eigenvalue weighted by Crippen LogP contribution is -2.30. The third-order valence-corrected chi connectivity index (χ3v) is 4.80. The number of aromatic nitrogens is 1. The molecule has 2 heterocycles. The molecule has 1 N–H and O–H groups in total. The zero-order valence-corrected chi connectivity index (χ0v) is 16.0. The zero-order valence-electron chi connectivity index (χ0n) is 15.2. The predicted octanol–water partition coefficient (Wildman–Crippen LogP) is 3.82. The van der Waals surface area contributed by atoms with Gasteiger partial charge in [-0.3, -0.25) is 4.79 Å². The zero-order chi connectivity index (χ0) is 19.4. The summed E-state index contributed by atoms with van der Waals surface area (Å²) in [6, 6.07) is 14.9. The summed E-state index contributed by atoms with van der Waals surface area (Å²) in [5.74, 6) is 0.418. The number of benzene rings is 1. The van der Waals surface area contributed by atoms with Crippen molar-refractivity contribution in [2.75, 3.05) is 7.11 Å². The fourth-order valence-electron chi connectivity index (χ4n) is 3.15. The van der Waals surface area contributed by atoms with Gasteiger partial charge in [0.1, 0.15) is 10.7 Å². The second-order valence-electron chi connectivity index (χ2n) is 6.07. The molecular formula is C21H19N3O2S. The van der Waals surface area contributed by atoms with Crippen LogP contribution in [0.1, 0.15) is 33.6 Å². The topological polar surface area (TPSA) is 66.5 Å². The highest BCUT2D eigenvalue weighted by atomic mass is 32.1. The quantitative estimate of drug-likeness (QED) is 0.687. The number of nitrogens with one attached hydrogen (secondary N) is 1. The second-order valence-corrected chi connectivity index (χ2v) is 6.48. The first-order valence-electron chi connectivity index (χ1n) is 8.52. The number of fused-ring (bicyclic) bond motifs is 1. The molecule has 0 spiro atoms. The number of ether oxygens (including phenoxy) is 1. The van der Waals surface area contributed by atoms with Gasteiger partial charge in [0, 0.05) is 35.9 Å². The van der Waals surface area contributed by atoms with Crippen molar-refractivity contribution in [2.45, 2.75) is 19.8 Å². The van der Waals surface area contributed by atoms with Gasteiger partial charge in [-0.2, -0.15) is 5.26 Å². The number of hydrogen-bond donors (Lipinski definition) is 1. The van der Waals surface area contributed by atoms with E-state index in [-0.39, 0.29) is 5.91 Å². The van der Waals surface area contributed by atoms with Crippen LogP contribution in [-0.4, -0.2) is 22.4 Å². The predicted molar refractivity (Wildman–Crippen MR) is 108 cm³/mol. The molecule has 1 aromatic carbocycles. The van der Waals surface area contributed by atoms with E-state index in [4.69, 9.17) is 22.2 Å². The van der Waals surface area contributed by atoms with Crippen molar-refractivity contribution in [3.05, 3.63) is 71.0 Å². The monoisotopic (exact) mass is 377 g/mol. The number of nitrogens with zero attached hydrogens (tertiary/aromatic N) is 2. The molecule has 3 rings (SSSR count). The number of aryl methyl sites for hydroxylation is 1. The highest BCUT2D eigenvalue weighted by molar-refractivity contribution is 7.80. The summed E-state index contributed by atoms with van der Waals surface area (Å²) >= 11 is 5.55. The van der Waals surface area contributed by atoms with Crippen LogP contribution in [0.25, 0.3) is 5.52 Å². The molecule has 5 nitrogen and oxygen atoms in total. The van der Waals surface area contributed by atoms with Gasteiger partial charge in [-0.25, -0.2) is 0 Å². The number of pyridine rings is 1. The number of rotatable bonds is 5. The number of thiocarbonyl (C=S) groups is 1. The molecule has 27 heavy (non-hydrogen) atoms. The molecule has 0 unspecified atom stereocenters. The number of amides is 1. The summed E-state index contributed by atoms with van der Waals surface area (Å²) in [5.41, 5.74) is 4.26. The van der Waals surface area contributed by atoms with Crippen LogP contribution in [0.5, 0.6) is 5.75 Å². The third kappa shape index (κ3) is 3.69. The minimum Gasteiger partial charge on any atom is -0.497 e. The average Bonchev–Trinajstić information content (AvgIpc) is 2.97. The van der Waals surface area contributed by atoms with E-state index in [1.165, 1.54) is 0 Å². The summed E-state index contributed by atoms with van der Waals surface area (Å²) in [7, 11) is 1.58. The van der Waals surface area contributed by atoms with Gasteiger partial charge in [0.25, 0.3) is 5.91 Å². The first-order chi connectivity index (χ1) is 13.1. The second kappa shape index (κ2) is 8.02. The Morgan fingerprint density at radius 3 is 2.67 bits per heavy atom. The van der Waals surface area contributed by atoms with Crippen molar-refractivity contribution in [1.29, 1.82) is 5.26 Å². The van der Waals surface area contributed by atoms with Crippen LogP contribution in [0.15, 0.2) is 48.7 Å². The van der Waals surface area contributed by atoms with Gasteiger partial charge in [-0.05, 0) is 48.9 Å². The molecule has 1 amide bonds. The lowest BCUT2D eigenvalue weighted by Gasteiger charge is -2.08. The average molecular weight is 377 g/mol. The molecular weight excluding hydrogens is 358 g/mol. The van der Waals surface area contributed by atoms with Gasteiger partial charge >= 0.3 is 0 Å². The maximum atomic E-state index is 12.6. The van der Waals surface area contributed by atoms with Crippen LogP contribution in [0.3, 0.4) is 0 Å². The first-order valence-corrected chi connectivity index (χ1v) is 8.93. The van der Waals surface area contributed by atoms with Gasteiger partial charge in [-0.15, -0.1) is 0 Å². The molecule has 3 aromatic rings. The molecule has 0 saturated carbocycles. The van der Waals surface area contributed by atoms with Crippen molar-refractivity contribution in [1.82, 2.24) is 9.72 Å². The van der Waals surface area contributed by atoms with Crippen molar-refractivity contribution in [3.8, 4) is 11.8 Å². The highest BCUT2D eigenvalue weighted by Gasteiger charge is 2.19. The standard InChI is InChI=1S/C21H19N3O2S/c1-14-17(7-5-12-22)24-13-4-3-6-18(24)19(14)21(27)23-20(25)15-8-10-16(26-2)11-9-15/h3-4,6,8-11,13H,5,7H2,1-2H3,(H,23,25,27). The Bertz CT molecular complexity index is 1050. The van der Waals surface area contributed by atoms with Crippen LogP contribution >= 0.6 is 12.2 Å². The van der Waals surface area contributed by atoms with Gasteiger partial charge in [0.15, 0.2) is 0 Å². The molecule has 6 heteroatoms. The van der Waals surface area contributed by atoms with E-state index < -0.39 is 0 Å². The molecule has 0 aliphatic carbocycles. The van der Waals surface area contributed by atoms with Crippen LogP contribution in [0.4, 0.5) is 0 Å². The summed E-state index contributed by atoms with van der Waals surface area (Å²) in [6.45, 7) is 1.97. The van der Waals surface area contributed by atoms with Crippen LogP contribution < -0.4 is 10.1 Å². The Morgan fingerprint density at radius 2 is 2.00 bits per heavy atom. The number of carbonyl (C=O) groups is 1. The molecule has 0 atom stereocenters. The van der Waals surface area contributed by atoms with Crippen molar-refractivity contribution in [2.24, 2.45) is 0 Å². The van der Waals surface area contributed by atoms with E-state index in [9.17, 15) is 4.79 Å². The van der Waals surface area contributed by atoms with Gasteiger partial charge in [0.2, 0.25) is 0 Å². The van der Waals surface area contributed by atoms with E-state index in [1.807, 2.05) is 35.7 Å². The lowest BCUT2D eigenvalue weighted by molar-refractivity contribution is 0.0978. The van der Waals surface area contributed by atoms with E-state index in [0.717, 1.165) is 22.3 Å². The summed E-state index contributed by atoms with van der Waals surface area (Å²) in [6.07, 6.45) is 3.00. The minimum absolute atomic E-state index is 0.268. The van der Waals surface area contributed by atoms with E-state index >= 15 is 0 Å². The maximum Gasteiger partial charge on any atom is 0.256 e. The first kappa shape index (κ1) is 18.6. The fourth-order valence-corrected chi connectivity index (χ4v) is 3.50. The number of hydrogen-bond acceptors (Lipinski definition) is 4. The lowest BCUT2D eigenvalue weighted by atomic mass is 10.1. The number of carbonyl (C=O) groups excluding carboxylic acids is 1. The van der Waals surface area contributed by atoms with E-state index in [1.54, 1.807) is 31.4 Å². The molecule has 2 aromatic heterocycles. The van der Waals surface area contributed by atoms with Crippen molar-refractivity contribution in [3.63, 3.8) is 0 Å². The smallest absolute Gasteiger partial charge is 0.256 e. The SMILES string of the molecule is COc1ccc(C(=O)NC(=S)c2c(C)c(CCC#N)n3ccccc23)cc1. The highest BCUT2D eigenvalue weighted by Crippen LogP contribution is 2.25. The van der Waals surface area contributed by atoms with Crippen molar-refractivity contribution < 1.29 is 9.53 Å². The van der Waals surface area contributed by atoms with Gasteiger partial charge < -0.3 is 14.5 Å². The molecule has 0 aliphatic heterocycles. The largest absolute Gasteiger partial charge is 0.497 e. The Kier molecular flexibility index (Phi) is 5.53. The fraction of sp³-hybridized carbons (Fsp3) is 0.190. The van der Waals surface area contributed by atoms with Crippen LogP contribution in [0, 0.1) is 18.3 Å². The third-order valence-electron chi connectivity index (χ3n) is 4.49. The van der Waals surface area contributed by atoms with Crippen molar-refractivity contribution >= 4 is 28.6 Å². The van der Waals surface area contributed by atoms with E-state index in [0.29, 0.717) is 29.1 Å². The summed E-state index contributed by atoms with van der Waals surface area (Å²) < 4.78 is 7.15. The Balaban J connectivity index is 1.92. The molecule has 0 fully saturated rings. The Labute approximate surface area is 163 Å². The molecule has 0 saturated heterocycles. The molecule has 0 aliphatic rings.